The summed E-state index contributed by atoms with van der Waals surface area (Å²) < 4.78 is 0. The zero-order chi connectivity index (χ0) is 27.0. The molecule has 1 aliphatic heterocycles. The van der Waals surface area contributed by atoms with E-state index in [4.69, 9.17) is 10.8 Å². The second-order valence-electron chi connectivity index (χ2n) is 9.35. The fraction of sp³-hybridized carbons (Fsp3) is 0.542. The van der Waals surface area contributed by atoms with Gasteiger partial charge in [0.1, 0.15) is 23.9 Å². The van der Waals surface area contributed by atoms with Crippen molar-refractivity contribution >= 4 is 29.7 Å². The number of carboxylic acid groups (broad SMARTS) is 2. The van der Waals surface area contributed by atoms with Gasteiger partial charge in [-0.05, 0) is 42.9 Å². The summed E-state index contributed by atoms with van der Waals surface area (Å²) in [6.07, 6.45) is 0.461. The van der Waals surface area contributed by atoms with E-state index in [0.29, 0.717) is 18.4 Å². The minimum absolute atomic E-state index is 0.0215. The lowest BCUT2D eigenvalue weighted by molar-refractivity contribution is -0.144. The van der Waals surface area contributed by atoms with Crippen molar-refractivity contribution in [2.24, 2.45) is 11.7 Å². The average molecular weight is 507 g/mol. The predicted octanol–water partition coefficient (Wildman–Crippen LogP) is -0.172. The highest BCUT2D eigenvalue weighted by molar-refractivity contribution is 5.95. The molecule has 0 saturated carbocycles. The minimum Gasteiger partial charge on any atom is -0.508 e. The van der Waals surface area contributed by atoms with Crippen molar-refractivity contribution in [2.45, 2.75) is 70.1 Å². The lowest BCUT2D eigenvalue weighted by Gasteiger charge is -2.29. The third kappa shape index (κ3) is 8.22. The van der Waals surface area contributed by atoms with Gasteiger partial charge >= 0.3 is 11.9 Å². The molecule has 7 N–H and O–H groups in total. The van der Waals surface area contributed by atoms with Crippen molar-refractivity contribution in [1.29, 1.82) is 0 Å². The number of carboxylic acids is 2. The van der Waals surface area contributed by atoms with E-state index in [-0.39, 0.29) is 31.1 Å². The van der Waals surface area contributed by atoms with Gasteiger partial charge in [0, 0.05) is 13.0 Å². The standard InChI is InChI=1S/C24H34N4O8/c1-13(2)10-17(21(32)27-18(24(35)36)11-14-5-7-15(29)8-6-14)26-22(33)19-4-3-9-28(19)23(34)16(25)12-20(30)31/h5-8,13,16-19,29H,3-4,9-12,25H2,1-2H3,(H,26,33)(H,27,32)(H,30,31)(H,35,36). The summed E-state index contributed by atoms with van der Waals surface area (Å²) in [5.41, 5.74) is 6.28. The molecule has 1 saturated heterocycles. The molecule has 0 aromatic heterocycles. The zero-order valence-electron chi connectivity index (χ0n) is 20.3. The van der Waals surface area contributed by atoms with Crippen molar-refractivity contribution in [3.05, 3.63) is 29.8 Å². The van der Waals surface area contributed by atoms with Crippen LogP contribution in [0, 0.1) is 5.92 Å². The number of benzene rings is 1. The number of phenols is 1. The number of hydrogen-bond acceptors (Lipinski definition) is 7. The number of likely N-dealkylation sites (tertiary alicyclic amines) is 1. The normalized spacial score (nSPS) is 17.8. The molecule has 12 nitrogen and oxygen atoms in total. The highest BCUT2D eigenvalue weighted by Crippen LogP contribution is 2.20. The first kappa shape index (κ1) is 28.6. The first-order valence-corrected chi connectivity index (χ1v) is 11.8. The molecule has 2 rings (SSSR count). The second kappa shape index (κ2) is 12.9. The second-order valence-corrected chi connectivity index (χ2v) is 9.35. The summed E-state index contributed by atoms with van der Waals surface area (Å²) >= 11 is 0. The Kier molecular flexibility index (Phi) is 10.2. The third-order valence-electron chi connectivity index (χ3n) is 5.88. The Morgan fingerprint density at radius 1 is 1.06 bits per heavy atom. The number of hydrogen-bond donors (Lipinski definition) is 6. The van der Waals surface area contributed by atoms with Gasteiger partial charge in [-0.2, -0.15) is 0 Å². The number of nitrogens with two attached hydrogens (primary N) is 1. The van der Waals surface area contributed by atoms with Crippen molar-refractivity contribution in [1.82, 2.24) is 15.5 Å². The molecule has 0 bridgehead atoms. The van der Waals surface area contributed by atoms with Crippen LogP contribution in [0.15, 0.2) is 24.3 Å². The SMILES string of the molecule is CC(C)CC(NC(=O)C1CCCN1C(=O)C(N)CC(=O)O)C(=O)NC(Cc1ccc(O)cc1)C(=O)O. The van der Waals surface area contributed by atoms with Gasteiger partial charge in [0.05, 0.1) is 12.5 Å². The molecule has 1 aliphatic rings. The first-order chi connectivity index (χ1) is 16.9. The number of nitrogens with zero attached hydrogens (tertiary/aromatic N) is 1. The smallest absolute Gasteiger partial charge is 0.326 e. The van der Waals surface area contributed by atoms with Gasteiger partial charge in [0.15, 0.2) is 0 Å². The van der Waals surface area contributed by atoms with Crippen molar-refractivity contribution in [2.75, 3.05) is 6.54 Å². The van der Waals surface area contributed by atoms with Crippen LogP contribution in [0.5, 0.6) is 5.75 Å². The number of carbonyl (C=O) groups is 5. The fourth-order valence-electron chi connectivity index (χ4n) is 4.10. The number of nitrogens with one attached hydrogen (secondary N) is 2. The number of phenolic OH excluding ortho intramolecular Hbond substituents is 1. The van der Waals surface area contributed by atoms with E-state index >= 15 is 0 Å². The predicted molar refractivity (Wildman–Crippen MR) is 128 cm³/mol. The van der Waals surface area contributed by atoms with Crippen molar-refractivity contribution < 1.29 is 39.3 Å². The molecule has 1 fully saturated rings. The number of carbonyl (C=O) groups excluding carboxylic acids is 3. The molecule has 1 aromatic rings. The van der Waals surface area contributed by atoms with Gasteiger partial charge < -0.3 is 36.6 Å². The lowest BCUT2D eigenvalue weighted by Crippen LogP contribution is -2.57. The summed E-state index contributed by atoms with van der Waals surface area (Å²) in [6, 6.07) is 1.39. The van der Waals surface area contributed by atoms with Gasteiger partial charge in [-0.15, -0.1) is 0 Å². The highest BCUT2D eigenvalue weighted by Gasteiger charge is 2.38. The largest absolute Gasteiger partial charge is 0.508 e. The quantitative estimate of drug-likeness (QED) is 0.223. The van der Waals surface area contributed by atoms with E-state index in [9.17, 15) is 34.2 Å². The average Bonchev–Trinajstić information content (AvgIpc) is 3.28. The number of aromatic hydroxyl groups is 1. The Morgan fingerprint density at radius 2 is 1.69 bits per heavy atom. The Bertz CT molecular complexity index is 965. The highest BCUT2D eigenvalue weighted by atomic mass is 16.4. The fourth-order valence-corrected chi connectivity index (χ4v) is 4.10. The van der Waals surface area contributed by atoms with Gasteiger partial charge in [-0.25, -0.2) is 4.79 Å². The van der Waals surface area contributed by atoms with Crippen LogP contribution in [0.25, 0.3) is 0 Å². The molecular formula is C24H34N4O8. The molecule has 3 amide bonds. The van der Waals surface area contributed by atoms with Gasteiger partial charge in [-0.3, -0.25) is 19.2 Å². The van der Waals surface area contributed by atoms with Crippen LogP contribution in [-0.4, -0.2) is 80.6 Å². The van der Waals surface area contributed by atoms with Crippen LogP contribution in [-0.2, 0) is 30.4 Å². The molecule has 12 heteroatoms. The summed E-state index contributed by atoms with van der Waals surface area (Å²) in [7, 11) is 0. The van der Waals surface area contributed by atoms with E-state index in [2.05, 4.69) is 10.6 Å². The number of amides is 3. The molecule has 36 heavy (non-hydrogen) atoms. The summed E-state index contributed by atoms with van der Waals surface area (Å²) in [4.78, 5) is 62.6. The minimum atomic E-state index is -1.29. The maximum absolute atomic E-state index is 13.1. The summed E-state index contributed by atoms with van der Waals surface area (Å²) in [5.74, 6) is -4.41. The van der Waals surface area contributed by atoms with Crippen molar-refractivity contribution in [3.63, 3.8) is 0 Å². The molecule has 4 atom stereocenters. The van der Waals surface area contributed by atoms with E-state index in [1.165, 1.54) is 17.0 Å². The summed E-state index contributed by atoms with van der Waals surface area (Å²) in [6.45, 7) is 3.92. The number of rotatable bonds is 12. The molecule has 198 valence electrons. The van der Waals surface area contributed by atoms with Crippen LogP contribution in [0.2, 0.25) is 0 Å². The van der Waals surface area contributed by atoms with Crippen LogP contribution < -0.4 is 16.4 Å². The van der Waals surface area contributed by atoms with Crippen LogP contribution >= 0.6 is 0 Å². The summed E-state index contributed by atoms with van der Waals surface area (Å²) in [5, 5.41) is 33.0. The van der Waals surface area contributed by atoms with Gasteiger partial charge in [-0.1, -0.05) is 26.0 Å². The first-order valence-electron chi connectivity index (χ1n) is 11.8. The molecule has 0 radical (unpaired) electrons. The van der Waals surface area contributed by atoms with Crippen LogP contribution in [0.1, 0.15) is 45.1 Å². The molecule has 0 spiro atoms. The number of aliphatic carboxylic acids is 2. The van der Waals surface area contributed by atoms with E-state index in [1.54, 1.807) is 12.1 Å². The van der Waals surface area contributed by atoms with E-state index in [0.717, 1.165) is 0 Å². The Hall–Kier alpha value is -3.67. The molecule has 0 aliphatic carbocycles. The van der Waals surface area contributed by atoms with Gasteiger partial charge in [0.25, 0.3) is 0 Å². The van der Waals surface area contributed by atoms with Crippen LogP contribution in [0.4, 0.5) is 0 Å². The molecular weight excluding hydrogens is 472 g/mol. The van der Waals surface area contributed by atoms with E-state index in [1.807, 2.05) is 13.8 Å². The third-order valence-corrected chi connectivity index (χ3v) is 5.88. The van der Waals surface area contributed by atoms with Crippen LogP contribution in [0.3, 0.4) is 0 Å². The molecule has 1 aromatic carbocycles. The van der Waals surface area contributed by atoms with Crippen molar-refractivity contribution in [3.8, 4) is 5.75 Å². The Balaban J connectivity index is 2.11. The lowest BCUT2D eigenvalue weighted by atomic mass is 10.0. The monoisotopic (exact) mass is 506 g/mol. The van der Waals surface area contributed by atoms with E-state index < -0.39 is 60.2 Å². The maximum atomic E-state index is 13.1. The maximum Gasteiger partial charge on any atom is 0.326 e. The zero-order valence-corrected chi connectivity index (χ0v) is 20.3. The molecule has 4 unspecified atom stereocenters. The topological polar surface area (TPSA) is 199 Å². The Morgan fingerprint density at radius 3 is 2.25 bits per heavy atom. The molecule has 1 heterocycles. The van der Waals surface area contributed by atoms with Gasteiger partial charge in [0.2, 0.25) is 17.7 Å². The Labute approximate surface area is 208 Å².